The van der Waals surface area contributed by atoms with E-state index >= 15 is 0 Å². The number of imidazole rings is 1. The molecule has 9 rings (SSSR count). The predicted molar refractivity (Wildman–Crippen MR) is 287 cm³/mol. The van der Waals surface area contributed by atoms with Gasteiger partial charge in [0.2, 0.25) is 0 Å². The van der Waals surface area contributed by atoms with E-state index in [9.17, 15) is 5.11 Å². The Labute approximate surface area is 434 Å². The van der Waals surface area contributed by atoms with Crippen LogP contribution in [0.4, 0.5) is 0 Å². The summed E-state index contributed by atoms with van der Waals surface area (Å²) >= 11 is 0. The minimum Gasteiger partial charge on any atom is -0.507 e. The second-order valence-corrected chi connectivity index (χ2v) is 20.2. The van der Waals surface area contributed by atoms with Crippen LogP contribution in [0, 0.1) is 11.5 Å². The van der Waals surface area contributed by atoms with Gasteiger partial charge in [-0.2, -0.15) is 0 Å². The third-order valence-electron chi connectivity index (χ3n) is 14.1. The molecule has 7 aromatic carbocycles. The molecule has 0 atom stereocenters. The van der Waals surface area contributed by atoms with Crippen molar-refractivity contribution in [2.75, 3.05) is 0 Å². The van der Waals surface area contributed by atoms with Gasteiger partial charge >= 0.3 is 0 Å². The average molecular weight is 1090 g/mol. The van der Waals surface area contributed by atoms with Gasteiger partial charge in [-0.05, 0) is 103 Å². The molecule has 0 saturated heterocycles. The van der Waals surface area contributed by atoms with E-state index in [1.807, 2.05) is 36.4 Å². The number of para-hydroxylation sites is 1. The summed E-state index contributed by atoms with van der Waals surface area (Å²) < 4.78 is 59.0. The summed E-state index contributed by atoms with van der Waals surface area (Å²) in [7, 11) is 0. The maximum absolute atomic E-state index is 12.5. The molecule has 9 aromatic rings. The Balaban J connectivity index is 0.00000765. The Morgan fingerprint density at radius 2 is 1.26 bits per heavy atom. The van der Waals surface area contributed by atoms with Gasteiger partial charge in [0.1, 0.15) is 11.6 Å². The number of phenolic OH excluding ortho intramolecular Hbond substituents is 1. The molecular weight excluding hydrogens is 1020 g/mol. The van der Waals surface area contributed by atoms with E-state index in [-0.39, 0.29) is 55.0 Å². The Morgan fingerprint density at radius 1 is 0.594 bits per heavy atom. The van der Waals surface area contributed by atoms with Gasteiger partial charge in [0.25, 0.3) is 0 Å². The van der Waals surface area contributed by atoms with Crippen molar-refractivity contribution in [1.82, 2.24) is 14.5 Å². The van der Waals surface area contributed by atoms with Crippen LogP contribution in [0.5, 0.6) is 5.75 Å². The zero-order valence-corrected chi connectivity index (χ0v) is 43.1. The van der Waals surface area contributed by atoms with Gasteiger partial charge in [0.05, 0.1) is 22.3 Å². The average Bonchev–Trinajstić information content (AvgIpc) is 3.83. The first kappa shape index (κ1) is 40.5. The van der Waals surface area contributed by atoms with Crippen molar-refractivity contribution >= 4 is 11.0 Å². The fourth-order valence-electron chi connectivity index (χ4n) is 9.00. The summed E-state index contributed by atoms with van der Waals surface area (Å²) in [5.74, 6) is -1.77. The monoisotopic (exact) mass is 1090 g/mol. The predicted octanol–water partition coefficient (Wildman–Crippen LogP) is 17.6. The molecule has 0 aliphatic rings. The summed E-state index contributed by atoms with van der Waals surface area (Å²) in [6, 6.07) is 55.7. The van der Waals surface area contributed by atoms with Crippen molar-refractivity contribution in [2.24, 2.45) is 5.41 Å². The number of rotatable bonds is 11. The number of nitrogens with zero attached hydrogens (tertiary/aromatic N) is 3. The van der Waals surface area contributed by atoms with E-state index in [1.54, 1.807) is 18.3 Å². The van der Waals surface area contributed by atoms with Crippen LogP contribution >= 0.6 is 0 Å². The molecule has 0 amide bonds. The van der Waals surface area contributed by atoms with Crippen LogP contribution in [0.2, 0.25) is 0 Å². The Morgan fingerprint density at radius 3 is 1.91 bits per heavy atom. The molecule has 0 aliphatic heterocycles. The molecule has 5 heteroatoms. The van der Waals surface area contributed by atoms with E-state index in [1.165, 1.54) is 17.7 Å². The Hall–Kier alpha value is -6.35. The molecule has 0 bridgehead atoms. The maximum atomic E-state index is 12.5. The SMILES string of the molecule is [2H]C([2H])([2H])C([2H])(c1ccc(-c2ccnc(-c3[c-]c(-c4cccc5c4nc(-c4cc(C(C)C)cc(C(C)C)c4O)n5-c4ccc(C(C)(C)C(C)(C)C)cc4-c4ccccc4)cc(-c4ccccc4)c3)c2)cc1)C([2H])([2H])[2H].[Pt]. The van der Waals surface area contributed by atoms with Crippen LogP contribution in [-0.2, 0) is 26.5 Å². The van der Waals surface area contributed by atoms with Crippen LogP contribution < -0.4 is 0 Å². The van der Waals surface area contributed by atoms with Crippen LogP contribution in [0.25, 0.3) is 83.9 Å². The first-order chi connectivity index (χ1) is 35.3. The minimum absolute atomic E-state index is 0. The second kappa shape index (κ2) is 19.6. The molecule has 2 heterocycles. The van der Waals surface area contributed by atoms with Crippen molar-refractivity contribution in [3.63, 3.8) is 0 Å². The fourth-order valence-corrected chi connectivity index (χ4v) is 9.00. The van der Waals surface area contributed by atoms with Crippen LogP contribution in [0.1, 0.15) is 126 Å². The molecule has 1 N–H and O–H groups in total. The molecule has 69 heavy (non-hydrogen) atoms. The zero-order valence-electron chi connectivity index (χ0n) is 47.8. The molecule has 4 nitrogen and oxygen atoms in total. The van der Waals surface area contributed by atoms with Gasteiger partial charge in [-0.3, -0.25) is 9.55 Å². The second-order valence-electron chi connectivity index (χ2n) is 20.2. The molecule has 0 unspecified atom stereocenters. The summed E-state index contributed by atoms with van der Waals surface area (Å²) in [6.07, 6.45) is 1.71. The topological polar surface area (TPSA) is 50.9 Å². The molecular formula is C64H64N3OPt-. The standard InChI is InChI=1S/C64H64N3O.Pt/c1-40(2)43-25-27-45(28-26-43)47-31-32-65-57(38-47)51-34-49(44-19-14-12-15-20-44)33-50(35-51)53-23-18-24-59-60(53)66-62(56-37-48(41(3)4)36-54(42(5)6)61(56)68)67(59)58-30-29-52(64(10,11)63(7,8)9)39-55(58)46-21-16-13-17-22-46;/h12-34,36-42,68H,1-11H3;/q-1;/i1D3,2D3,40D;. The third kappa shape index (κ3) is 9.54. The normalized spacial score (nSPS) is 14.0. The zero-order chi connectivity index (χ0) is 54.0. The van der Waals surface area contributed by atoms with Crippen molar-refractivity contribution in [3.8, 4) is 78.6 Å². The quantitative estimate of drug-likeness (QED) is 0.131. The number of phenols is 1. The number of aromatic nitrogens is 3. The molecule has 0 spiro atoms. The Bertz CT molecular complexity index is 3540. The van der Waals surface area contributed by atoms with Crippen molar-refractivity contribution in [3.05, 3.63) is 192 Å². The summed E-state index contributed by atoms with van der Waals surface area (Å²) in [6.45, 7) is 13.8. The van der Waals surface area contributed by atoms with Gasteiger partial charge in [0, 0.05) is 48.1 Å². The van der Waals surface area contributed by atoms with Gasteiger partial charge < -0.3 is 5.11 Å². The smallest absolute Gasteiger partial charge is 0.148 e. The maximum Gasteiger partial charge on any atom is 0.148 e. The number of pyridine rings is 1. The number of aromatic hydroxyl groups is 1. The van der Waals surface area contributed by atoms with Gasteiger partial charge in [0.15, 0.2) is 0 Å². The fraction of sp³-hybridized carbons (Fsp3) is 0.250. The molecule has 352 valence electrons. The summed E-state index contributed by atoms with van der Waals surface area (Å²) in [5, 5.41) is 12.5. The van der Waals surface area contributed by atoms with Crippen molar-refractivity contribution < 1.29 is 35.8 Å². The molecule has 2 aromatic heterocycles. The van der Waals surface area contributed by atoms with E-state index < -0.39 is 19.6 Å². The van der Waals surface area contributed by atoms with Crippen LogP contribution in [-0.4, -0.2) is 19.6 Å². The minimum atomic E-state index is -3.09. The van der Waals surface area contributed by atoms with Gasteiger partial charge in [-0.15, -0.1) is 23.8 Å². The molecule has 0 aliphatic carbocycles. The van der Waals surface area contributed by atoms with Gasteiger partial charge in [-0.1, -0.05) is 208 Å². The third-order valence-corrected chi connectivity index (χ3v) is 14.1. The molecule has 0 saturated carbocycles. The van der Waals surface area contributed by atoms with Crippen LogP contribution in [0.15, 0.2) is 164 Å². The molecule has 0 fully saturated rings. The van der Waals surface area contributed by atoms with E-state index in [2.05, 4.69) is 170 Å². The number of hydrogen-bond acceptors (Lipinski definition) is 3. The summed E-state index contributed by atoms with van der Waals surface area (Å²) in [4.78, 5) is 10.5. The first-order valence-electron chi connectivity index (χ1n) is 27.1. The van der Waals surface area contributed by atoms with E-state index in [0.29, 0.717) is 28.2 Å². The first-order valence-corrected chi connectivity index (χ1v) is 23.6. The van der Waals surface area contributed by atoms with Crippen molar-refractivity contribution in [1.29, 1.82) is 0 Å². The van der Waals surface area contributed by atoms with Crippen molar-refractivity contribution in [2.45, 2.75) is 99.2 Å². The number of benzene rings is 7. The van der Waals surface area contributed by atoms with E-state index in [0.717, 1.165) is 66.8 Å². The van der Waals surface area contributed by atoms with Gasteiger partial charge in [-0.25, -0.2) is 4.98 Å². The largest absolute Gasteiger partial charge is 0.507 e. The van der Waals surface area contributed by atoms with E-state index in [4.69, 9.17) is 19.6 Å². The van der Waals surface area contributed by atoms with Crippen LogP contribution in [0.3, 0.4) is 0 Å². The molecule has 0 radical (unpaired) electrons. The summed E-state index contributed by atoms with van der Waals surface area (Å²) in [5.41, 5.74) is 14.4. The number of hydrogen-bond donors (Lipinski definition) is 1. The number of fused-ring (bicyclic) bond motifs is 1. The Kier molecular flexibility index (Phi) is 11.5.